The Hall–Kier alpha value is -2.56. The molecule has 5 nitrogen and oxygen atoms in total. The largest absolute Gasteiger partial charge is 0.397 e. The second kappa shape index (κ2) is 6.26. The standard InChI is InChI=1S/C16H20N4O/c1-19(2)15-7-6-13(9-14(15)17)16(21)20(3)11-12-5-4-8-18-10-12/h4-10H,11,17H2,1-3H3. The van der Waals surface area contributed by atoms with Crippen molar-refractivity contribution < 1.29 is 4.79 Å². The molecule has 110 valence electrons. The van der Waals surface area contributed by atoms with Crippen LogP contribution in [0.3, 0.4) is 0 Å². The number of anilines is 2. The molecule has 2 N–H and O–H groups in total. The Balaban J connectivity index is 2.14. The maximum atomic E-state index is 12.4. The van der Waals surface area contributed by atoms with Crippen LogP contribution in [0, 0.1) is 0 Å². The third kappa shape index (κ3) is 3.51. The first kappa shape index (κ1) is 14.8. The van der Waals surface area contributed by atoms with Crippen molar-refractivity contribution in [3.05, 3.63) is 53.9 Å². The molecule has 2 aromatic rings. The van der Waals surface area contributed by atoms with Crippen molar-refractivity contribution in [1.82, 2.24) is 9.88 Å². The van der Waals surface area contributed by atoms with Crippen LogP contribution in [0.4, 0.5) is 11.4 Å². The Morgan fingerprint density at radius 3 is 2.57 bits per heavy atom. The number of nitrogens with zero attached hydrogens (tertiary/aromatic N) is 3. The molecular formula is C16H20N4O. The van der Waals surface area contributed by atoms with E-state index in [0.717, 1.165) is 11.3 Å². The van der Waals surface area contributed by atoms with E-state index in [2.05, 4.69) is 4.98 Å². The van der Waals surface area contributed by atoms with Crippen LogP contribution in [0.2, 0.25) is 0 Å². The molecular weight excluding hydrogens is 264 g/mol. The summed E-state index contributed by atoms with van der Waals surface area (Å²) >= 11 is 0. The van der Waals surface area contributed by atoms with Gasteiger partial charge in [-0.3, -0.25) is 9.78 Å². The van der Waals surface area contributed by atoms with Gasteiger partial charge >= 0.3 is 0 Å². The van der Waals surface area contributed by atoms with Gasteiger partial charge in [0, 0.05) is 45.6 Å². The third-order valence-electron chi connectivity index (χ3n) is 3.25. The van der Waals surface area contributed by atoms with E-state index in [1.807, 2.05) is 37.2 Å². The summed E-state index contributed by atoms with van der Waals surface area (Å²) in [5.74, 6) is -0.0594. The SMILES string of the molecule is CN(Cc1cccnc1)C(=O)c1ccc(N(C)C)c(N)c1. The third-order valence-corrected chi connectivity index (χ3v) is 3.25. The zero-order valence-corrected chi connectivity index (χ0v) is 12.6. The number of benzene rings is 1. The van der Waals surface area contributed by atoms with Crippen LogP contribution in [-0.4, -0.2) is 36.9 Å². The van der Waals surface area contributed by atoms with Gasteiger partial charge in [0.15, 0.2) is 0 Å². The summed E-state index contributed by atoms with van der Waals surface area (Å²) in [7, 11) is 5.61. The number of hydrogen-bond donors (Lipinski definition) is 1. The van der Waals surface area contributed by atoms with E-state index in [1.165, 1.54) is 0 Å². The first-order valence-corrected chi connectivity index (χ1v) is 6.70. The van der Waals surface area contributed by atoms with Gasteiger partial charge in [-0.2, -0.15) is 0 Å². The fourth-order valence-electron chi connectivity index (χ4n) is 2.15. The highest BCUT2D eigenvalue weighted by Gasteiger charge is 2.14. The molecule has 0 spiro atoms. The van der Waals surface area contributed by atoms with Gasteiger partial charge in [-0.05, 0) is 29.8 Å². The van der Waals surface area contributed by atoms with Gasteiger partial charge in [-0.15, -0.1) is 0 Å². The van der Waals surface area contributed by atoms with Gasteiger partial charge in [-0.25, -0.2) is 0 Å². The molecule has 21 heavy (non-hydrogen) atoms. The van der Waals surface area contributed by atoms with Crippen molar-refractivity contribution in [2.24, 2.45) is 0 Å². The van der Waals surface area contributed by atoms with Crippen LogP contribution in [0.1, 0.15) is 15.9 Å². The van der Waals surface area contributed by atoms with Crippen LogP contribution >= 0.6 is 0 Å². The van der Waals surface area contributed by atoms with Crippen LogP contribution in [0.15, 0.2) is 42.7 Å². The molecule has 1 heterocycles. The minimum absolute atomic E-state index is 0.0594. The van der Waals surface area contributed by atoms with Gasteiger partial charge in [0.05, 0.1) is 11.4 Å². The number of carbonyl (C=O) groups excluding carboxylic acids is 1. The van der Waals surface area contributed by atoms with Gasteiger partial charge < -0.3 is 15.5 Å². The molecule has 0 radical (unpaired) electrons. The lowest BCUT2D eigenvalue weighted by Crippen LogP contribution is -2.26. The predicted octanol–water partition coefficient (Wildman–Crippen LogP) is 2.00. The number of pyridine rings is 1. The van der Waals surface area contributed by atoms with Crippen LogP contribution in [0.25, 0.3) is 0 Å². The smallest absolute Gasteiger partial charge is 0.253 e. The Labute approximate surface area is 125 Å². The molecule has 0 saturated carbocycles. The lowest BCUT2D eigenvalue weighted by Gasteiger charge is -2.19. The van der Waals surface area contributed by atoms with Crippen molar-refractivity contribution in [1.29, 1.82) is 0 Å². The Morgan fingerprint density at radius 1 is 1.24 bits per heavy atom. The quantitative estimate of drug-likeness (QED) is 0.872. The number of carbonyl (C=O) groups is 1. The predicted molar refractivity (Wildman–Crippen MR) is 85.2 cm³/mol. The number of nitrogens with two attached hydrogens (primary N) is 1. The summed E-state index contributed by atoms with van der Waals surface area (Å²) < 4.78 is 0. The molecule has 5 heteroatoms. The van der Waals surface area contributed by atoms with Gasteiger partial charge in [-0.1, -0.05) is 6.07 Å². The molecule has 0 bridgehead atoms. The summed E-state index contributed by atoms with van der Waals surface area (Å²) in [6.45, 7) is 0.516. The fraction of sp³-hybridized carbons (Fsp3) is 0.250. The van der Waals surface area contributed by atoms with Crippen molar-refractivity contribution in [3.8, 4) is 0 Å². The first-order valence-electron chi connectivity index (χ1n) is 6.70. The molecule has 0 fully saturated rings. The second-order valence-corrected chi connectivity index (χ2v) is 5.19. The van der Waals surface area contributed by atoms with Gasteiger partial charge in [0.25, 0.3) is 5.91 Å². The monoisotopic (exact) mass is 284 g/mol. The normalized spacial score (nSPS) is 10.2. The summed E-state index contributed by atoms with van der Waals surface area (Å²) in [5.41, 5.74) is 9.07. The zero-order chi connectivity index (χ0) is 15.4. The van der Waals surface area contributed by atoms with E-state index >= 15 is 0 Å². The van der Waals surface area contributed by atoms with Gasteiger partial charge in [0.2, 0.25) is 0 Å². The second-order valence-electron chi connectivity index (χ2n) is 5.19. The summed E-state index contributed by atoms with van der Waals surface area (Å²) in [6.07, 6.45) is 3.47. The topological polar surface area (TPSA) is 62.5 Å². The van der Waals surface area contributed by atoms with Crippen molar-refractivity contribution in [3.63, 3.8) is 0 Å². The van der Waals surface area contributed by atoms with E-state index in [0.29, 0.717) is 17.8 Å². The lowest BCUT2D eigenvalue weighted by molar-refractivity contribution is 0.0785. The molecule has 1 aromatic carbocycles. The molecule has 0 aliphatic heterocycles. The van der Waals surface area contributed by atoms with Crippen molar-refractivity contribution in [2.75, 3.05) is 31.8 Å². The number of amides is 1. The highest BCUT2D eigenvalue weighted by atomic mass is 16.2. The van der Waals surface area contributed by atoms with Crippen molar-refractivity contribution in [2.45, 2.75) is 6.54 Å². The number of hydrogen-bond acceptors (Lipinski definition) is 4. The molecule has 0 atom stereocenters. The van der Waals surface area contributed by atoms with Crippen LogP contribution in [-0.2, 0) is 6.54 Å². The molecule has 1 aromatic heterocycles. The zero-order valence-electron chi connectivity index (χ0n) is 12.6. The number of aromatic nitrogens is 1. The molecule has 0 aliphatic carbocycles. The van der Waals surface area contributed by atoms with Crippen LogP contribution < -0.4 is 10.6 Å². The minimum Gasteiger partial charge on any atom is -0.397 e. The Morgan fingerprint density at radius 2 is 2.00 bits per heavy atom. The van der Waals surface area contributed by atoms with E-state index in [4.69, 9.17) is 5.73 Å². The molecule has 0 aliphatic rings. The van der Waals surface area contributed by atoms with Crippen molar-refractivity contribution >= 4 is 17.3 Å². The lowest BCUT2D eigenvalue weighted by atomic mass is 10.1. The highest BCUT2D eigenvalue weighted by Crippen LogP contribution is 2.23. The number of nitrogen functional groups attached to an aromatic ring is 1. The maximum absolute atomic E-state index is 12.4. The Kier molecular flexibility index (Phi) is 4.42. The minimum atomic E-state index is -0.0594. The Bertz CT molecular complexity index is 625. The number of rotatable bonds is 4. The summed E-state index contributed by atoms with van der Waals surface area (Å²) in [4.78, 5) is 20.0. The average molecular weight is 284 g/mol. The molecule has 1 amide bonds. The molecule has 2 rings (SSSR count). The van der Waals surface area contributed by atoms with E-state index in [9.17, 15) is 4.79 Å². The van der Waals surface area contributed by atoms with Crippen LogP contribution in [0.5, 0.6) is 0 Å². The molecule has 0 saturated heterocycles. The van der Waals surface area contributed by atoms with Gasteiger partial charge in [0.1, 0.15) is 0 Å². The highest BCUT2D eigenvalue weighted by molar-refractivity contribution is 5.96. The summed E-state index contributed by atoms with van der Waals surface area (Å²) in [5, 5.41) is 0. The maximum Gasteiger partial charge on any atom is 0.253 e. The summed E-state index contributed by atoms with van der Waals surface area (Å²) in [6, 6.07) is 9.18. The van der Waals surface area contributed by atoms with E-state index < -0.39 is 0 Å². The first-order chi connectivity index (χ1) is 9.99. The molecule has 0 unspecified atom stereocenters. The fourth-order valence-corrected chi connectivity index (χ4v) is 2.15. The average Bonchev–Trinajstić information content (AvgIpc) is 2.47. The van der Waals surface area contributed by atoms with E-state index in [1.54, 1.807) is 36.5 Å². The van der Waals surface area contributed by atoms with E-state index in [-0.39, 0.29) is 5.91 Å².